The molecule has 1 aliphatic rings. The molecule has 6 nitrogen and oxygen atoms in total. The fraction of sp³-hybridized carbons (Fsp3) is 0.238. The van der Waals surface area contributed by atoms with Gasteiger partial charge in [-0.25, -0.2) is 13.5 Å². The number of anilines is 1. The lowest BCUT2D eigenvalue weighted by molar-refractivity contribution is 0.235. The maximum atomic E-state index is 13.7. The minimum atomic E-state index is -0.764. The topological polar surface area (TPSA) is 80.1 Å². The zero-order chi connectivity index (χ0) is 20.4. The molecule has 4 rings (SSSR count). The van der Waals surface area contributed by atoms with Gasteiger partial charge in [-0.05, 0) is 49.2 Å². The number of nitrogen functional groups attached to an aromatic ring is 1. The van der Waals surface area contributed by atoms with Crippen molar-refractivity contribution in [2.24, 2.45) is 0 Å². The highest BCUT2D eigenvalue weighted by Crippen LogP contribution is 2.30. The molecule has 0 unspecified atom stereocenters. The minimum absolute atomic E-state index is 0.0491. The average molecular weight is 395 g/mol. The van der Waals surface area contributed by atoms with Crippen LogP contribution < -0.4 is 10.5 Å². The van der Waals surface area contributed by atoms with Gasteiger partial charge in [0, 0.05) is 24.2 Å². The lowest BCUT2D eigenvalue weighted by Crippen LogP contribution is -2.34. The van der Waals surface area contributed by atoms with Crippen LogP contribution in [0.25, 0.3) is 11.3 Å². The Morgan fingerprint density at radius 1 is 1.14 bits per heavy atom. The summed E-state index contributed by atoms with van der Waals surface area (Å²) < 4.78 is 34.0. The minimum Gasteiger partial charge on any atom is -0.454 e. The maximum Gasteiger partial charge on any atom is 0.179 e. The molecular weight excluding hydrogens is 376 g/mol. The highest BCUT2D eigenvalue weighted by Gasteiger charge is 2.23. The molecule has 2 N–H and O–H groups in total. The summed E-state index contributed by atoms with van der Waals surface area (Å²) in [5, 5.41) is 13.8. The molecule has 2 aromatic carbocycles. The van der Waals surface area contributed by atoms with Crippen LogP contribution in [-0.4, -0.2) is 27.8 Å². The van der Waals surface area contributed by atoms with Gasteiger partial charge in [-0.1, -0.05) is 0 Å². The molecule has 3 aromatic rings. The zero-order valence-corrected chi connectivity index (χ0v) is 15.6. The van der Waals surface area contributed by atoms with E-state index < -0.39 is 11.6 Å². The Hall–Kier alpha value is -3.60. The van der Waals surface area contributed by atoms with Crippen molar-refractivity contribution in [1.82, 2.24) is 14.7 Å². The Kier molecular flexibility index (Phi) is 5.04. The lowest BCUT2D eigenvalue weighted by atomic mass is 10.1. The number of benzene rings is 2. The summed E-state index contributed by atoms with van der Waals surface area (Å²) in [7, 11) is 0. The molecule has 1 aliphatic heterocycles. The number of nitrogens with two attached hydrogens (primary N) is 1. The molecule has 0 radical (unpaired) electrons. The number of halogens is 2. The van der Waals surface area contributed by atoms with Crippen LogP contribution in [0.1, 0.15) is 18.9 Å². The first kappa shape index (κ1) is 18.7. The van der Waals surface area contributed by atoms with Crippen LogP contribution in [0.15, 0.2) is 48.5 Å². The van der Waals surface area contributed by atoms with E-state index in [4.69, 9.17) is 15.7 Å². The molecule has 0 saturated carbocycles. The van der Waals surface area contributed by atoms with Crippen molar-refractivity contribution in [3.05, 3.63) is 60.2 Å². The van der Waals surface area contributed by atoms with Crippen LogP contribution in [0.4, 0.5) is 14.6 Å². The number of ether oxygens (including phenoxy) is 1. The normalized spacial score (nSPS) is 16.4. The highest BCUT2D eigenvalue weighted by atomic mass is 19.1. The summed E-state index contributed by atoms with van der Waals surface area (Å²) in [5.41, 5.74) is 7.69. The molecule has 0 amide bonds. The predicted octanol–water partition coefficient (Wildman–Crippen LogP) is 4.32. The van der Waals surface area contributed by atoms with Crippen molar-refractivity contribution in [3.63, 3.8) is 0 Å². The van der Waals surface area contributed by atoms with Gasteiger partial charge in [0.2, 0.25) is 0 Å². The second-order valence-corrected chi connectivity index (χ2v) is 6.94. The SMILES string of the molecule is N#CN1CCC[C@H](n2nc(-c3ccc(Oc4ccc(F)cc4F)cc3)cc2N)C1. The molecular formula is C21H19F2N5O. The van der Waals surface area contributed by atoms with Crippen LogP contribution in [0.5, 0.6) is 11.5 Å². The van der Waals surface area contributed by atoms with E-state index in [2.05, 4.69) is 11.3 Å². The Labute approximate surface area is 166 Å². The second kappa shape index (κ2) is 7.80. The molecule has 1 fully saturated rings. The third-order valence-electron chi connectivity index (χ3n) is 4.92. The van der Waals surface area contributed by atoms with Crippen molar-refractivity contribution in [1.29, 1.82) is 5.26 Å². The third kappa shape index (κ3) is 3.99. The second-order valence-electron chi connectivity index (χ2n) is 6.94. The fourth-order valence-electron chi connectivity index (χ4n) is 3.47. The zero-order valence-electron chi connectivity index (χ0n) is 15.6. The summed E-state index contributed by atoms with van der Waals surface area (Å²) in [6, 6.07) is 12.0. The van der Waals surface area contributed by atoms with Gasteiger partial charge in [-0.15, -0.1) is 0 Å². The van der Waals surface area contributed by atoms with Gasteiger partial charge in [-0.2, -0.15) is 10.4 Å². The van der Waals surface area contributed by atoms with E-state index in [1.165, 1.54) is 6.07 Å². The van der Waals surface area contributed by atoms with Crippen LogP contribution in [0, 0.1) is 23.1 Å². The monoisotopic (exact) mass is 395 g/mol. The number of hydrogen-bond donors (Lipinski definition) is 1. The summed E-state index contributed by atoms with van der Waals surface area (Å²) in [6.07, 6.45) is 4.02. The van der Waals surface area contributed by atoms with Crippen LogP contribution in [0.3, 0.4) is 0 Å². The first-order chi connectivity index (χ1) is 14.0. The van der Waals surface area contributed by atoms with Crippen molar-refractivity contribution < 1.29 is 13.5 Å². The molecule has 29 heavy (non-hydrogen) atoms. The number of nitrogens with zero attached hydrogens (tertiary/aromatic N) is 4. The molecule has 8 heteroatoms. The van der Waals surface area contributed by atoms with Crippen molar-refractivity contribution in [2.75, 3.05) is 18.8 Å². The number of rotatable bonds is 4. The van der Waals surface area contributed by atoms with Gasteiger partial charge in [-0.3, -0.25) is 0 Å². The molecule has 0 aliphatic carbocycles. The van der Waals surface area contributed by atoms with E-state index in [0.29, 0.717) is 23.8 Å². The standard InChI is InChI=1S/C21H19F2N5O/c22-15-5-8-20(18(23)10-15)29-17-6-3-14(4-7-17)19-11-21(25)28(26-19)16-2-1-9-27(12-16)13-24/h3-8,10-11,16H,1-2,9,12,25H2/t16-/m0/s1. The fourth-order valence-corrected chi connectivity index (χ4v) is 3.47. The number of aromatic nitrogens is 2. The Morgan fingerprint density at radius 3 is 2.66 bits per heavy atom. The summed E-state index contributed by atoms with van der Waals surface area (Å²) in [4.78, 5) is 1.72. The van der Waals surface area contributed by atoms with Gasteiger partial charge in [0.15, 0.2) is 17.8 Å². The van der Waals surface area contributed by atoms with E-state index in [9.17, 15) is 8.78 Å². The van der Waals surface area contributed by atoms with Gasteiger partial charge >= 0.3 is 0 Å². The van der Waals surface area contributed by atoms with Crippen LogP contribution in [0.2, 0.25) is 0 Å². The summed E-state index contributed by atoms with van der Waals surface area (Å²) >= 11 is 0. The van der Waals surface area contributed by atoms with E-state index in [1.807, 2.05) is 0 Å². The number of nitriles is 1. The van der Waals surface area contributed by atoms with Gasteiger partial charge < -0.3 is 15.4 Å². The van der Waals surface area contributed by atoms with Crippen LogP contribution >= 0.6 is 0 Å². The molecule has 1 atom stereocenters. The maximum absolute atomic E-state index is 13.7. The molecule has 148 valence electrons. The van der Waals surface area contributed by atoms with E-state index in [1.54, 1.807) is 39.9 Å². The average Bonchev–Trinajstić information content (AvgIpc) is 3.12. The molecule has 2 heterocycles. The van der Waals surface area contributed by atoms with Crippen molar-refractivity contribution >= 4 is 5.82 Å². The first-order valence-corrected chi connectivity index (χ1v) is 9.26. The molecule has 1 aromatic heterocycles. The Bertz CT molecular complexity index is 1060. The van der Waals surface area contributed by atoms with Crippen LogP contribution in [-0.2, 0) is 0 Å². The Morgan fingerprint density at radius 2 is 1.93 bits per heavy atom. The largest absolute Gasteiger partial charge is 0.454 e. The smallest absolute Gasteiger partial charge is 0.179 e. The van der Waals surface area contributed by atoms with E-state index in [-0.39, 0.29) is 11.8 Å². The van der Waals surface area contributed by atoms with Crippen molar-refractivity contribution in [2.45, 2.75) is 18.9 Å². The molecule has 0 spiro atoms. The number of likely N-dealkylation sites (tertiary alicyclic amines) is 1. The van der Waals surface area contributed by atoms with Gasteiger partial charge in [0.05, 0.1) is 18.3 Å². The van der Waals surface area contributed by atoms with Gasteiger partial charge in [0.25, 0.3) is 0 Å². The molecule has 0 bridgehead atoms. The predicted molar refractivity (Wildman–Crippen MR) is 104 cm³/mol. The number of piperidine rings is 1. The van der Waals surface area contributed by atoms with Crippen molar-refractivity contribution in [3.8, 4) is 28.9 Å². The number of hydrogen-bond acceptors (Lipinski definition) is 5. The lowest BCUT2D eigenvalue weighted by Gasteiger charge is -2.29. The first-order valence-electron chi connectivity index (χ1n) is 9.26. The summed E-state index contributed by atoms with van der Waals surface area (Å²) in [6.45, 7) is 1.36. The molecule has 1 saturated heterocycles. The third-order valence-corrected chi connectivity index (χ3v) is 4.92. The van der Waals surface area contributed by atoms with E-state index >= 15 is 0 Å². The highest BCUT2D eigenvalue weighted by molar-refractivity contribution is 5.63. The Balaban J connectivity index is 1.51. The quantitative estimate of drug-likeness (QED) is 0.666. The van der Waals surface area contributed by atoms with E-state index in [0.717, 1.165) is 37.1 Å². The summed E-state index contributed by atoms with van der Waals surface area (Å²) in [5.74, 6) is -0.511. The van der Waals surface area contributed by atoms with Gasteiger partial charge in [0.1, 0.15) is 17.4 Å².